The highest BCUT2D eigenvalue weighted by atomic mass is 16.6. The van der Waals surface area contributed by atoms with Crippen LogP contribution in [0.3, 0.4) is 0 Å². The summed E-state index contributed by atoms with van der Waals surface area (Å²) in [6.45, 7) is 6.67. The first-order valence-electron chi connectivity index (χ1n) is 34.0. The number of esters is 3. The van der Waals surface area contributed by atoms with Crippen molar-refractivity contribution < 1.29 is 28.6 Å². The van der Waals surface area contributed by atoms with Gasteiger partial charge in [-0.3, -0.25) is 14.4 Å². The smallest absolute Gasteiger partial charge is 0.306 e. The van der Waals surface area contributed by atoms with Gasteiger partial charge in [0, 0.05) is 19.3 Å². The molecule has 0 heterocycles. The number of unbranched alkanes of at least 4 members (excludes halogenated alkanes) is 46. The molecule has 0 fully saturated rings. The van der Waals surface area contributed by atoms with E-state index in [0.717, 1.165) is 77.0 Å². The molecule has 0 aliphatic heterocycles. The molecule has 0 saturated carbocycles. The van der Waals surface area contributed by atoms with Gasteiger partial charge in [-0.1, -0.05) is 314 Å². The Morgan fingerprint density at radius 1 is 0.263 bits per heavy atom. The molecule has 0 aliphatic carbocycles. The maximum atomic E-state index is 12.9. The van der Waals surface area contributed by atoms with Crippen LogP contribution in [0.1, 0.15) is 374 Å². The molecule has 1 unspecified atom stereocenters. The summed E-state index contributed by atoms with van der Waals surface area (Å²) >= 11 is 0. The highest BCUT2D eigenvalue weighted by molar-refractivity contribution is 5.71. The Balaban J connectivity index is 4.24. The van der Waals surface area contributed by atoms with E-state index >= 15 is 0 Å². The lowest BCUT2D eigenvalue weighted by atomic mass is 10.0. The van der Waals surface area contributed by atoms with Gasteiger partial charge in [-0.2, -0.15) is 0 Å². The number of hydrogen-bond donors (Lipinski definition) is 0. The average molecular weight is 1070 g/mol. The van der Waals surface area contributed by atoms with Crippen LogP contribution in [0.25, 0.3) is 0 Å². The minimum absolute atomic E-state index is 0.0738. The van der Waals surface area contributed by atoms with Crippen molar-refractivity contribution in [1.82, 2.24) is 0 Å². The van der Waals surface area contributed by atoms with Crippen molar-refractivity contribution >= 4 is 17.9 Å². The summed E-state index contributed by atoms with van der Waals surface area (Å²) in [7, 11) is 0. The van der Waals surface area contributed by atoms with E-state index in [0.29, 0.717) is 19.3 Å². The predicted octanol–water partition coefficient (Wildman–Crippen LogP) is 23.2. The molecular weight excluding hydrogens is 937 g/mol. The monoisotopic (exact) mass is 1070 g/mol. The van der Waals surface area contributed by atoms with Crippen LogP contribution >= 0.6 is 0 Å². The molecule has 0 aromatic rings. The summed E-state index contributed by atoms with van der Waals surface area (Å²) in [6.07, 6.45) is 80.2. The Morgan fingerprint density at radius 2 is 0.474 bits per heavy atom. The zero-order chi connectivity index (χ0) is 55.0. The molecule has 446 valence electrons. The molecule has 0 spiro atoms. The van der Waals surface area contributed by atoms with Crippen LogP contribution in [0, 0.1) is 0 Å². The van der Waals surface area contributed by atoms with Crippen molar-refractivity contribution in [2.75, 3.05) is 13.2 Å². The summed E-state index contributed by atoms with van der Waals surface area (Å²) in [5.41, 5.74) is 0. The predicted molar refractivity (Wildman–Crippen MR) is 330 cm³/mol. The van der Waals surface area contributed by atoms with Gasteiger partial charge in [-0.05, 0) is 77.0 Å². The Bertz CT molecular complexity index is 1270. The van der Waals surface area contributed by atoms with Crippen LogP contribution in [-0.4, -0.2) is 37.2 Å². The Morgan fingerprint density at radius 3 is 0.750 bits per heavy atom. The number of ether oxygens (including phenoxy) is 3. The van der Waals surface area contributed by atoms with E-state index in [2.05, 4.69) is 57.2 Å². The zero-order valence-electron chi connectivity index (χ0n) is 51.3. The van der Waals surface area contributed by atoms with Gasteiger partial charge in [0.05, 0.1) is 0 Å². The maximum absolute atomic E-state index is 12.9. The lowest BCUT2D eigenvalue weighted by Crippen LogP contribution is -2.30. The first-order chi connectivity index (χ1) is 37.5. The summed E-state index contributed by atoms with van der Waals surface area (Å²) in [5, 5.41) is 0. The van der Waals surface area contributed by atoms with Gasteiger partial charge in [0.2, 0.25) is 0 Å². The van der Waals surface area contributed by atoms with Crippen molar-refractivity contribution in [2.45, 2.75) is 380 Å². The van der Waals surface area contributed by atoms with Gasteiger partial charge >= 0.3 is 17.9 Å². The van der Waals surface area contributed by atoms with Gasteiger partial charge in [0.25, 0.3) is 0 Å². The minimum Gasteiger partial charge on any atom is -0.462 e. The quantitative estimate of drug-likeness (QED) is 0.0261. The number of allylic oxidation sites excluding steroid dienone is 6. The topological polar surface area (TPSA) is 78.9 Å². The van der Waals surface area contributed by atoms with E-state index in [9.17, 15) is 14.4 Å². The van der Waals surface area contributed by atoms with E-state index in [4.69, 9.17) is 14.2 Å². The van der Waals surface area contributed by atoms with E-state index in [1.54, 1.807) is 0 Å². The van der Waals surface area contributed by atoms with E-state index in [1.165, 1.54) is 257 Å². The van der Waals surface area contributed by atoms with E-state index < -0.39 is 6.10 Å². The average Bonchev–Trinajstić information content (AvgIpc) is 3.42. The molecule has 0 aromatic heterocycles. The molecule has 0 N–H and O–H groups in total. The SMILES string of the molecule is CCCCCC/C=C\C/C=C\CCCCCCCCCC(=O)OC(COC(=O)CCCCCCC/C=C\CCCCCCC)COC(=O)CCCCCCCCCCCCCCCCCCCCCCCCCCCC. The van der Waals surface area contributed by atoms with Crippen LogP contribution < -0.4 is 0 Å². The van der Waals surface area contributed by atoms with Crippen LogP contribution in [0.5, 0.6) is 0 Å². The third kappa shape index (κ3) is 62.5. The molecule has 6 heteroatoms. The van der Waals surface area contributed by atoms with E-state index in [-0.39, 0.29) is 31.1 Å². The molecule has 0 radical (unpaired) electrons. The van der Waals surface area contributed by atoms with Crippen molar-refractivity contribution in [3.63, 3.8) is 0 Å². The fourth-order valence-corrected chi connectivity index (χ4v) is 10.2. The van der Waals surface area contributed by atoms with Crippen LogP contribution in [0.4, 0.5) is 0 Å². The second kappa shape index (κ2) is 65.2. The minimum atomic E-state index is -0.778. The molecule has 0 aromatic carbocycles. The highest BCUT2D eigenvalue weighted by Gasteiger charge is 2.19. The maximum Gasteiger partial charge on any atom is 0.306 e. The second-order valence-electron chi connectivity index (χ2n) is 23.1. The lowest BCUT2D eigenvalue weighted by Gasteiger charge is -2.18. The number of carbonyl (C=O) groups excluding carboxylic acids is 3. The van der Waals surface area contributed by atoms with Crippen molar-refractivity contribution in [1.29, 1.82) is 0 Å². The van der Waals surface area contributed by atoms with Gasteiger partial charge in [0.1, 0.15) is 13.2 Å². The molecule has 0 bridgehead atoms. The first kappa shape index (κ1) is 73.6. The third-order valence-corrected chi connectivity index (χ3v) is 15.4. The molecule has 1 atom stereocenters. The van der Waals surface area contributed by atoms with Crippen molar-refractivity contribution in [3.05, 3.63) is 36.5 Å². The van der Waals surface area contributed by atoms with Crippen LogP contribution in [0.15, 0.2) is 36.5 Å². The molecular formula is C70H130O6. The van der Waals surface area contributed by atoms with Crippen LogP contribution in [0.2, 0.25) is 0 Å². The van der Waals surface area contributed by atoms with Gasteiger partial charge in [0.15, 0.2) is 6.10 Å². The standard InChI is InChI=1S/C70H130O6/c1-4-7-10-13-16-19-22-25-28-30-32-33-34-35-36-37-38-39-41-42-45-48-51-54-57-60-63-69(72)75-66-67(65-74-68(71)62-59-56-53-50-47-44-27-24-21-18-15-12-9-6-3)76-70(73)64-61-58-55-52-49-46-43-40-31-29-26-23-20-17-14-11-8-5-2/h20,23-24,27,29,31,67H,4-19,21-22,25-26,28,30,32-66H2,1-3H3/b23-20-,27-24-,31-29-. The number of carbonyl (C=O) groups is 3. The molecule has 0 aliphatic rings. The van der Waals surface area contributed by atoms with Crippen molar-refractivity contribution in [2.24, 2.45) is 0 Å². The summed E-state index contributed by atoms with van der Waals surface area (Å²) < 4.78 is 17.0. The summed E-state index contributed by atoms with van der Waals surface area (Å²) in [6, 6.07) is 0. The fourth-order valence-electron chi connectivity index (χ4n) is 10.2. The summed E-state index contributed by atoms with van der Waals surface area (Å²) in [4.78, 5) is 38.3. The van der Waals surface area contributed by atoms with Gasteiger partial charge < -0.3 is 14.2 Å². The number of rotatable bonds is 63. The number of hydrogen-bond acceptors (Lipinski definition) is 6. The van der Waals surface area contributed by atoms with Gasteiger partial charge in [-0.25, -0.2) is 0 Å². The second-order valence-corrected chi connectivity index (χ2v) is 23.1. The zero-order valence-corrected chi connectivity index (χ0v) is 51.3. The highest BCUT2D eigenvalue weighted by Crippen LogP contribution is 2.18. The largest absolute Gasteiger partial charge is 0.462 e. The Kier molecular flexibility index (Phi) is 63.1. The summed E-state index contributed by atoms with van der Waals surface area (Å²) in [5.74, 6) is -0.866. The normalized spacial score (nSPS) is 12.2. The Hall–Kier alpha value is -2.37. The first-order valence-corrected chi connectivity index (χ1v) is 34.0. The molecule has 6 nitrogen and oxygen atoms in total. The fraction of sp³-hybridized carbons (Fsp3) is 0.871. The van der Waals surface area contributed by atoms with Gasteiger partial charge in [-0.15, -0.1) is 0 Å². The Labute approximate surface area is 474 Å². The molecule has 0 amide bonds. The third-order valence-electron chi connectivity index (χ3n) is 15.4. The van der Waals surface area contributed by atoms with Crippen LogP contribution in [-0.2, 0) is 28.6 Å². The van der Waals surface area contributed by atoms with E-state index in [1.807, 2.05) is 0 Å². The molecule has 0 rings (SSSR count). The molecule has 0 saturated heterocycles. The lowest BCUT2D eigenvalue weighted by molar-refractivity contribution is -0.167. The molecule has 76 heavy (non-hydrogen) atoms. The van der Waals surface area contributed by atoms with Crippen molar-refractivity contribution in [3.8, 4) is 0 Å².